The number of likely N-dealkylation sites (tertiary alicyclic amines) is 1. The molecule has 1 saturated carbocycles. The van der Waals surface area contributed by atoms with E-state index < -0.39 is 10.0 Å². The number of hydrogen-bond acceptors (Lipinski definition) is 4. The molecule has 0 radical (unpaired) electrons. The molecular formula is C25H31N3O3S. The van der Waals surface area contributed by atoms with Gasteiger partial charge in [0.15, 0.2) is 0 Å². The van der Waals surface area contributed by atoms with Gasteiger partial charge in [-0.2, -0.15) is 0 Å². The molecule has 3 aliphatic rings. The number of piperidine rings is 1. The van der Waals surface area contributed by atoms with Crippen molar-refractivity contribution in [3.05, 3.63) is 59.2 Å². The summed E-state index contributed by atoms with van der Waals surface area (Å²) in [6.07, 6.45) is 6.41. The van der Waals surface area contributed by atoms with Crippen molar-refractivity contribution < 1.29 is 13.2 Å². The largest absolute Gasteiger partial charge is 0.312 e. The van der Waals surface area contributed by atoms with Crippen molar-refractivity contribution in [3.63, 3.8) is 0 Å². The van der Waals surface area contributed by atoms with Gasteiger partial charge in [0.1, 0.15) is 0 Å². The average molecular weight is 454 g/mol. The lowest BCUT2D eigenvalue weighted by molar-refractivity contribution is -0.119. The number of nitrogens with zero attached hydrogens (tertiary/aromatic N) is 2. The van der Waals surface area contributed by atoms with Gasteiger partial charge in [-0.05, 0) is 80.1 Å². The Kier molecular flexibility index (Phi) is 6.05. The Morgan fingerprint density at radius 3 is 2.47 bits per heavy atom. The van der Waals surface area contributed by atoms with Crippen LogP contribution in [0.3, 0.4) is 0 Å². The van der Waals surface area contributed by atoms with Crippen LogP contribution in [0.2, 0.25) is 0 Å². The van der Waals surface area contributed by atoms with Gasteiger partial charge in [0.25, 0.3) is 0 Å². The minimum absolute atomic E-state index is 0.163. The Bertz CT molecular complexity index is 1110. The third-order valence-corrected chi connectivity index (χ3v) is 8.26. The van der Waals surface area contributed by atoms with Gasteiger partial charge in [0, 0.05) is 31.2 Å². The third kappa shape index (κ3) is 4.60. The van der Waals surface area contributed by atoms with Crippen molar-refractivity contribution in [2.24, 2.45) is 5.92 Å². The predicted octanol–water partition coefficient (Wildman–Crippen LogP) is 3.45. The van der Waals surface area contributed by atoms with Crippen LogP contribution in [0.5, 0.6) is 0 Å². The highest BCUT2D eigenvalue weighted by Crippen LogP contribution is 2.37. The number of nitrogens with one attached hydrogen (secondary N) is 1. The van der Waals surface area contributed by atoms with Gasteiger partial charge in [-0.15, -0.1) is 0 Å². The Balaban J connectivity index is 1.28. The molecular weight excluding hydrogens is 422 g/mol. The van der Waals surface area contributed by atoms with Gasteiger partial charge in [0.2, 0.25) is 15.9 Å². The molecule has 32 heavy (non-hydrogen) atoms. The molecule has 2 aromatic carbocycles. The van der Waals surface area contributed by atoms with Crippen molar-refractivity contribution in [1.82, 2.24) is 9.62 Å². The van der Waals surface area contributed by atoms with E-state index in [2.05, 4.69) is 15.7 Å². The Hall–Kier alpha value is -2.22. The number of fused-ring (bicyclic) bond motifs is 1. The minimum Gasteiger partial charge on any atom is -0.312 e. The van der Waals surface area contributed by atoms with Crippen LogP contribution in [0.1, 0.15) is 48.8 Å². The molecule has 1 N–H and O–H groups in total. The third-order valence-electron chi connectivity index (χ3n) is 6.86. The molecule has 2 fully saturated rings. The highest BCUT2D eigenvalue weighted by molar-refractivity contribution is 7.89. The molecule has 2 heterocycles. The standard InChI is InChI=1S/C25H31N3O3S/c29-25(19-8-9-19)28-15-12-20-16-23(10-11-24(20)28)32(30,31)26-17-21-6-2-3-7-22(21)18-27-13-4-1-5-14-27/h2-3,6-7,10-11,16,19,26H,1,4-5,8-9,12-15,17-18H2. The summed E-state index contributed by atoms with van der Waals surface area (Å²) in [5.41, 5.74) is 4.00. The summed E-state index contributed by atoms with van der Waals surface area (Å²) in [5.74, 6) is 0.346. The minimum atomic E-state index is -3.64. The molecule has 2 aliphatic heterocycles. The van der Waals surface area contributed by atoms with Crippen molar-refractivity contribution in [2.75, 3.05) is 24.5 Å². The number of anilines is 1. The lowest BCUT2D eigenvalue weighted by Gasteiger charge is -2.27. The van der Waals surface area contributed by atoms with E-state index in [4.69, 9.17) is 0 Å². The quantitative estimate of drug-likeness (QED) is 0.697. The van der Waals surface area contributed by atoms with E-state index in [1.807, 2.05) is 23.1 Å². The number of carbonyl (C=O) groups is 1. The first kappa shape index (κ1) is 21.6. The molecule has 1 saturated heterocycles. The lowest BCUT2D eigenvalue weighted by atomic mass is 10.1. The number of benzene rings is 2. The fourth-order valence-corrected chi connectivity index (χ4v) is 5.88. The zero-order valence-corrected chi connectivity index (χ0v) is 19.2. The Morgan fingerprint density at radius 1 is 0.969 bits per heavy atom. The van der Waals surface area contributed by atoms with Crippen molar-refractivity contribution in [1.29, 1.82) is 0 Å². The fourth-order valence-electron chi connectivity index (χ4n) is 4.82. The summed E-state index contributed by atoms with van der Waals surface area (Å²) in [4.78, 5) is 17.0. The smallest absolute Gasteiger partial charge is 0.240 e. The first-order valence-corrected chi connectivity index (χ1v) is 13.2. The molecule has 0 atom stereocenters. The number of sulfonamides is 1. The monoisotopic (exact) mass is 453 g/mol. The Morgan fingerprint density at radius 2 is 1.72 bits per heavy atom. The van der Waals surface area contributed by atoms with Crippen LogP contribution in [0, 0.1) is 5.92 Å². The van der Waals surface area contributed by atoms with Crippen molar-refractivity contribution in [2.45, 2.75) is 56.5 Å². The maximum absolute atomic E-state index is 13.0. The topological polar surface area (TPSA) is 69.7 Å². The zero-order chi connectivity index (χ0) is 22.1. The van der Waals surface area contributed by atoms with Crippen LogP contribution in [-0.4, -0.2) is 38.9 Å². The normalized spacial score (nSPS) is 19.2. The summed E-state index contributed by atoms with van der Waals surface area (Å²) in [5, 5.41) is 0. The number of amides is 1. The van der Waals surface area contributed by atoms with E-state index >= 15 is 0 Å². The molecule has 0 bridgehead atoms. The van der Waals surface area contributed by atoms with Gasteiger partial charge in [0.05, 0.1) is 4.90 Å². The van der Waals surface area contributed by atoms with Gasteiger partial charge >= 0.3 is 0 Å². The second kappa shape index (κ2) is 8.96. The highest BCUT2D eigenvalue weighted by Gasteiger charge is 2.36. The predicted molar refractivity (Wildman–Crippen MR) is 125 cm³/mol. The van der Waals surface area contributed by atoms with E-state index in [0.717, 1.165) is 49.3 Å². The maximum Gasteiger partial charge on any atom is 0.240 e. The van der Waals surface area contributed by atoms with Gasteiger partial charge in [-0.25, -0.2) is 13.1 Å². The van der Waals surface area contributed by atoms with Crippen LogP contribution < -0.4 is 9.62 Å². The average Bonchev–Trinajstić information content (AvgIpc) is 3.57. The van der Waals surface area contributed by atoms with E-state index in [1.165, 1.54) is 24.8 Å². The number of carbonyl (C=O) groups excluding carboxylic acids is 1. The van der Waals surface area contributed by atoms with E-state index in [1.54, 1.807) is 18.2 Å². The van der Waals surface area contributed by atoms with E-state index in [0.29, 0.717) is 13.0 Å². The van der Waals surface area contributed by atoms with E-state index in [-0.39, 0.29) is 23.3 Å². The summed E-state index contributed by atoms with van der Waals surface area (Å²) in [6, 6.07) is 13.2. The van der Waals surface area contributed by atoms with Gasteiger partial charge in [-0.1, -0.05) is 30.7 Å². The molecule has 6 nitrogen and oxygen atoms in total. The maximum atomic E-state index is 13.0. The van der Waals surface area contributed by atoms with Crippen LogP contribution in [0.25, 0.3) is 0 Å². The number of rotatable bonds is 7. The second-order valence-electron chi connectivity index (χ2n) is 9.23. The molecule has 2 aromatic rings. The summed E-state index contributed by atoms with van der Waals surface area (Å²) in [7, 11) is -3.64. The van der Waals surface area contributed by atoms with Crippen molar-refractivity contribution in [3.8, 4) is 0 Å². The molecule has 0 aromatic heterocycles. The molecule has 1 amide bonds. The molecule has 0 unspecified atom stereocenters. The van der Waals surface area contributed by atoms with Crippen LogP contribution in [0.4, 0.5) is 5.69 Å². The summed E-state index contributed by atoms with van der Waals surface area (Å²) < 4.78 is 28.9. The van der Waals surface area contributed by atoms with Gasteiger partial charge < -0.3 is 4.90 Å². The zero-order valence-electron chi connectivity index (χ0n) is 18.4. The highest BCUT2D eigenvalue weighted by atomic mass is 32.2. The van der Waals surface area contributed by atoms with Crippen LogP contribution in [0.15, 0.2) is 47.4 Å². The first-order valence-electron chi connectivity index (χ1n) is 11.7. The van der Waals surface area contributed by atoms with Crippen LogP contribution >= 0.6 is 0 Å². The lowest BCUT2D eigenvalue weighted by Crippen LogP contribution is -2.30. The van der Waals surface area contributed by atoms with Crippen molar-refractivity contribution >= 4 is 21.6 Å². The summed E-state index contributed by atoms with van der Waals surface area (Å²) in [6.45, 7) is 3.99. The number of hydrogen-bond donors (Lipinski definition) is 1. The van der Waals surface area contributed by atoms with E-state index in [9.17, 15) is 13.2 Å². The molecule has 5 rings (SSSR count). The Labute approximate surface area is 190 Å². The summed E-state index contributed by atoms with van der Waals surface area (Å²) >= 11 is 0. The fraction of sp³-hybridized carbons (Fsp3) is 0.480. The molecule has 1 aliphatic carbocycles. The molecule has 170 valence electrons. The van der Waals surface area contributed by atoms with Gasteiger partial charge in [-0.3, -0.25) is 9.69 Å². The van der Waals surface area contributed by atoms with Crippen LogP contribution in [-0.2, 0) is 34.3 Å². The SMILES string of the molecule is O=C(C1CC1)N1CCc2cc(S(=O)(=O)NCc3ccccc3CN3CCCCC3)ccc21. The molecule has 7 heteroatoms. The molecule has 0 spiro atoms. The second-order valence-corrected chi connectivity index (χ2v) is 11.0. The first-order chi connectivity index (χ1) is 15.5.